The monoisotopic (exact) mass is 273 g/mol. The largest absolute Gasteiger partial charge is 0.480 e. The number of benzene rings is 1. The molecule has 1 aliphatic heterocycles. The number of nitrogens with one attached hydrogen (secondary N) is 1. The van der Waals surface area contributed by atoms with Gasteiger partial charge in [0.15, 0.2) is 11.9 Å². The van der Waals surface area contributed by atoms with Gasteiger partial charge in [0.2, 0.25) is 0 Å². The standard InChI is InChI=1S/C14H15N3OS/c1-2-15-13-7-8-16-14(17-13)11-9-19-12-6-4-3-5-10(12)18-11/h3-8,11H,2,9H2,1H3,(H,15,16,17). The first-order valence-corrected chi connectivity index (χ1v) is 7.30. The van der Waals surface area contributed by atoms with Crippen LogP contribution in [0.5, 0.6) is 5.75 Å². The Morgan fingerprint density at radius 2 is 2.26 bits per heavy atom. The highest BCUT2D eigenvalue weighted by Gasteiger charge is 2.23. The van der Waals surface area contributed by atoms with Gasteiger partial charge in [0.05, 0.1) is 0 Å². The molecule has 3 rings (SSSR count). The number of aromatic nitrogens is 2. The van der Waals surface area contributed by atoms with Crippen molar-refractivity contribution in [3.05, 3.63) is 42.4 Å². The first kappa shape index (κ1) is 12.3. The molecule has 0 radical (unpaired) electrons. The maximum Gasteiger partial charge on any atom is 0.172 e. The Labute approximate surface area is 116 Å². The summed E-state index contributed by atoms with van der Waals surface area (Å²) in [5.41, 5.74) is 0. The van der Waals surface area contributed by atoms with E-state index >= 15 is 0 Å². The topological polar surface area (TPSA) is 47.0 Å². The lowest BCUT2D eigenvalue weighted by Crippen LogP contribution is -2.18. The maximum absolute atomic E-state index is 5.98. The Balaban J connectivity index is 1.82. The second-order valence-electron chi connectivity index (χ2n) is 4.19. The van der Waals surface area contributed by atoms with E-state index in [1.54, 1.807) is 18.0 Å². The van der Waals surface area contributed by atoms with Gasteiger partial charge in [-0.3, -0.25) is 0 Å². The number of thioether (sulfide) groups is 1. The number of para-hydroxylation sites is 1. The highest BCUT2D eigenvalue weighted by atomic mass is 32.2. The third-order valence-electron chi connectivity index (χ3n) is 2.83. The van der Waals surface area contributed by atoms with Crippen molar-refractivity contribution in [3.63, 3.8) is 0 Å². The summed E-state index contributed by atoms with van der Waals surface area (Å²) in [7, 11) is 0. The zero-order valence-electron chi connectivity index (χ0n) is 10.7. The van der Waals surface area contributed by atoms with E-state index in [1.165, 1.54) is 4.90 Å². The molecule has 1 unspecified atom stereocenters. The Bertz CT molecular complexity index is 576. The minimum absolute atomic E-state index is 0.0847. The number of nitrogens with zero attached hydrogens (tertiary/aromatic N) is 2. The minimum Gasteiger partial charge on any atom is -0.480 e. The lowest BCUT2D eigenvalue weighted by molar-refractivity contribution is 0.210. The summed E-state index contributed by atoms with van der Waals surface area (Å²) >= 11 is 1.79. The Hall–Kier alpha value is -1.75. The van der Waals surface area contributed by atoms with Crippen LogP contribution in [-0.4, -0.2) is 22.3 Å². The van der Waals surface area contributed by atoms with Crippen LogP contribution in [0.15, 0.2) is 41.4 Å². The fraction of sp³-hybridized carbons (Fsp3) is 0.286. The van der Waals surface area contributed by atoms with Crippen molar-refractivity contribution in [1.82, 2.24) is 9.97 Å². The quantitative estimate of drug-likeness (QED) is 0.931. The lowest BCUT2D eigenvalue weighted by Gasteiger charge is -2.24. The van der Waals surface area contributed by atoms with Crippen LogP contribution in [0.2, 0.25) is 0 Å². The van der Waals surface area contributed by atoms with E-state index in [9.17, 15) is 0 Å². The summed E-state index contributed by atoms with van der Waals surface area (Å²) in [4.78, 5) is 10.0. The molecule has 0 aliphatic carbocycles. The Kier molecular flexibility index (Phi) is 3.55. The summed E-state index contributed by atoms with van der Waals surface area (Å²) in [5, 5.41) is 3.19. The van der Waals surface area contributed by atoms with Gasteiger partial charge in [0.1, 0.15) is 11.6 Å². The molecule has 19 heavy (non-hydrogen) atoms. The van der Waals surface area contributed by atoms with E-state index in [4.69, 9.17) is 4.74 Å². The van der Waals surface area contributed by atoms with Crippen molar-refractivity contribution in [2.24, 2.45) is 0 Å². The molecular formula is C14H15N3OS. The smallest absolute Gasteiger partial charge is 0.172 e. The van der Waals surface area contributed by atoms with Crippen LogP contribution >= 0.6 is 11.8 Å². The predicted octanol–water partition coefficient (Wildman–Crippen LogP) is 3.13. The van der Waals surface area contributed by atoms with E-state index in [2.05, 4.69) is 21.4 Å². The number of rotatable bonds is 3. The second-order valence-corrected chi connectivity index (χ2v) is 5.26. The molecule has 0 bridgehead atoms. The molecule has 0 saturated carbocycles. The molecule has 0 saturated heterocycles. The summed E-state index contributed by atoms with van der Waals surface area (Å²) < 4.78 is 5.98. The van der Waals surface area contributed by atoms with Crippen LogP contribution in [0.1, 0.15) is 18.9 Å². The van der Waals surface area contributed by atoms with Crippen LogP contribution in [0, 0.1) is 0 Å². The van der Waals surface area contributed by atoms with E-state index in [0.717, 1.165) is 29.7 Å². The van der Waals surface area contributed by atoms with Crippen molar-refractivity contribution < 1.29 is 4.74 Å². The van der Waals surface area contributed by atoms with Gasteiger partial charge < -0.3 is 10.1 Å². The van der Waals surface area contributed by atoms with Gasteiger partial charge in [-0.05, 0) is 25.1 Å². The summed E-state index contributed by atoms with van der Waals surface area (Å²) in [6.45, 7) is 2.89. The van der Waals surface area contributed by atoms with Crippen LogP contribution in [-0.2, 0) is 0 Å². The van der Waals surface area contributed by atoms with Crippen LogP contribution in [0.3, 0.4) is 0 Å². The fourth-order valence-corrected chi connectivity index (χ4v) is 2.94. The molecule has 4 nitrogen and oxygen atoms in total. The van der Waals surface area contributed by atoms with Gasteiger partial charge in [-0.15, -0.1) is 11.8 Å². The van der Waals surface area contributed by atoms with Crippen LogP contribution in [0.25, 0.3) is 0 Å². The molecule has 2 aromatic rings. The van der Waals surface area contributed by atoms with Crippen molar-refractivity contribution >= 4 is 17.6 Å². The van der Waals surface area contributed by atoms with E-state index in [-0.39, 0.29) is 6.10 Å². The number of anilines is 1. The van der Waals surface area contributed by atoms with Crippen molar-refractivity contribution in [3.8, 4) is 5.75 Å². The molecule has 1 aromatic carbocycles. The van der Waals surface area contributed by atoms with Gasteiger partial charge >= 0.3 is 0 Å². The normalized spacial score (nSPS) is 17.4. The SMILES string of the molecule is CCNc1ccnc(C2CSc3ccccc3O2)n1. The molecule has 0 fully saturated rings. The van der Waals surface area contributed by atoms with E-state index < -0.39 is 0 Å². The Morgan fingerprint density at radius 3 is 3.16 bits per heavy atom. The number of ether oxygens (including phenoxy) is 1. The molecule has 1 aliphatic rings. The summed E-state index contributed by atoms with van der Waals surface area (Å²) in [6, 6.07) is 9.95. The molecule has 1 aromatic heterocycles. The number of hydrogen-bond donors (Lipinski definition) is 1. The van der Waals surface area contributed by atoms with Crippen LogP contribution in [0.4, 0.5) is 5.82 Å². The zero-order valence-corrected chi connectivity index (χ0v) is 11.5. The fourth-order valence-electron chi connectivity index (χ4n) is 1.96. The third-order valence-corrected chi connectivity index (χ3v) is 3.95. The highest BCUT2D eigenvalue weighted by Crippen LogP contribution is 2.39. The average molecular weight is 273 g/mol. The molecule has 1 atom stereocenters. The molecular weight excluding hydrogens is 258 g/mol. The minimum atomic E-state index is -0.0847. The first-order chi connectivity index (χ1) is 9.36. The second kappa shape index (κ2) is 5.48. The van der Waals surface area contributed by atoms with Gasteiger partial charge in [-0.1, -0.05) is 12.1 Å². The van der Waals surface area contributed by atoms with Gasteiger partial charge in [0, 0.05) is 23.4 Å². The first-order valence-electron chi connectivity index (χ1n) is 6.32. The van der Waals surface area contributed by atoms with Crippen molar-refractivity contribution in [1.29, 1.82) is 0 Å². The number of hydrogen-bond acceptors (Lipinski definition) is 5. The molecule has 5 heteroatoms. The predicted molar refractivity (Wildman–Crippen MR) is 76.7 cm³/mol. The van der Waals surface area contributed by atoms with E-state index in [0.29, 0.717) is 0 Å². The molecule has 1 N–H and O–H groups in total. The molecule has 0 amide bonds. The summed E-state index contributed by atoms with van der Waals surface area (Å²) in [5.74, 6) is 3.34. The number of fused-ring (bicyclic) bond motifs is 1. The lowest BCUT2D eigenvalue weighted by atomic mass is 10.3. The van der Waals surface area contributed by atoms with Gasteiger partial charge in [-0.25, -0.2) is 9.97 Å². The molecule has 0 spiro atoms. The molecule has 98 valence electrons. The third kappa shape index (κ3) is 2.66. The van der Waals surface area contributed by atoms with Crippen LogP contribution < -0.4 is 10.1 Å². The zero-order chi connectivity index (χ0) is 13.1. The van der Waals surface area contributed by atoms with Gasteiger partial charge in [0.25, 0.3) is 0 Å². The van der Waals surface area contributed by atoms with E-state index in [1.807, 2.05) is 31.2 Å². The Morgan fingerprint density at radius 1 is 1.37 bits per heavy atom. The summed E-state index contributed by atoms with van der Waals surface area (Å²) in [6.07, 6.45) is 1.69. The highest BCUT2D eigenvalue weighted by molar-refractivity contribution is 7.99. The maximum atomic E-state index is 5.98. The van der Waals surface area contributed by atoms with Crippen molar-refractivity contribution in [2.75, 3.05) is 17.6 Å². The molecule has 2 heterocycles. The van der Waals surface area contributed by atoms with Crippen molar-refractivity contribution in [2.45, 2.75) is 17.9 Å². The average Bonchev–Trinajstić information content (AvgIpc) is 2.47. The van der Waals surface area contributed by atoms with Gasteiger partial charge in [-0.2, -0.15) is 0 Å².